The van der Waals surface area contributed by atoms with Crippen LogP contribution in [0.2, 0.25) is 5.28 Å². The molecule has 1 unspecified atom stereocenters. The molecule has 0 spiro atoms. The molecule has 4 aromatic carbocycles. The fourth-order valence-corrected chi connectivity index (χ4v) is 9.32. The molecule has 1 aliphatic rings. The number of aryl methyl sites for hydroxylation is 2. The number of aromatic nitrogens is 9. The summed E-state index contributed by atoms with van der Waals surface area (Å²) >= 11 is 13.8. The fraction of sp³-hybridized carbons (Fsp3) is 0.224. The summed E-state index contributed by atoms with van der Waals surface area (Å²) in [5, 5.41) is 30.4. The van der Waals surface area contributed by atoms with Crippen LogP contribution in [0.25, 0.3) is 42.8 Å². The van der Waals surface area contributed by atoms with Crippen molar-refractivity contribution < 1.29 is 29.0 Å². The molecule has 1 fully saturated rings. The molecule has 10 aromatic rings. The number of H-pyrrole nitrogens is 2. The molecule has 1 atom stereocenters. The summed E-state index contributed by atoms with van der Waals surface area (Å²) in [7, 11) is 0. The van der Waals surface area contributed by atoms with Crippen LogP contribution in [0.1, 0.15) is 78.3 Å². The van der Waals surface area contributed by atoms with E-state index < -0.39 is 17.7 Å². The first kappa shape index (κ1) is 63.1. The number of ether oxygens (including phenoxy) is 2. The van der Waals surface area contributed by atoms with E-state index in [1.54, 1.807) is 43.6 Å². The molecular weight excluding hydrogens is 1220 g/mol. The van der Waals surface area contributed by atoms with Crippen molar-refractivity contribution in [2.24, 2.45) is 17.2 Å². The lowest BCUT2D eigenvalue weighted by atomic mass is 10.2. The number of nitrogens with two attached hydrogens (primary N) is 3. The lowest BCUT2D eigenvalue weighted by molar-refractivity contribution is 0.0522. The molecule has 82 heavy (non-hydrogen) atoms. The highest BCUT2D eigenvalue weighted by Gasteiger charge is 2.20. The SMILES string of the molecule is C/C=C\C(N)=C/N.CC(=O)c1cc2ccc(Br)cc2[nH]1.CC(C)(C)OC(=O)n1ncc2cc(Nc3ccnc(Cl)n3)ccc21.Cc1nc(C)c(C)c(Nc2ccc3[nH]ncc3c2)n1.NC1CCOC1.O=C(O)c1cc2ccc(Br)cc2s1. The molecule has 0 amide bonds. The van der Waals surface area contributed by atoms with Crippen LogP contribution in [0.5, 0.6) is 0 Å². The predicted molar refractivity (Wildman–Crippen MR) is 334 cm³/mol. The molecule has 0 aliphatic carbocycles. The van der Waals surface area contributed by atoms with E-state index in [0.717, 1.165) is 100 Å². The van der Waals surface area contributed by atoms with Crippen LogP contribution in [-0.4, -0.2) is 92.7 Å². The fourth-order valence-electron chi connectivity index (χ4n) is 7.36. The number of fused-ring (bicyclic) bond motifs is 4. The Bertz CT molecular complexity index is 3790. The standard InChI is InChI=1S/C16H16ClN5O2.C14H15N5.C10H8BrNO.C9H5BrO2S.C5H10N2.C4H9NO/c1-16(2,3)24-15(23)22-12-5-4-11(8-10(12)9-19-22)20-13-6-7-18-14(17)21-13;1-8-9(2)16-10(3)17-14(8)18-12-4-5-13-11(6-12)7-15-19-13;1-6(13)9-4-7-2-3-8(11)5-10(7)12-9;10-6-2-1-5-3-8(9(11)12)13-7(5)4-6;1-2-3-5(7)4-6;5-4-1-2-6-3-4/h4-9H,1-3H3,(H,18,20,21);4-7H,1-3H3,(H,15,19)(H,16,17,18);2-5,12H,1H3;1-4H,(H,11,12);2-4H,6-7H2,1H3;4H,1-3,5H2/b;;;;3-2-,5-4+;. The molecule has 1 saturated heterocycles. The summed E-state index contributed by atoms with van der Waals surface area (Å²) in [6.07, 6.45) is 10.4. The van der Waals surface area contributed by atoms with Crippen molar-refractivity contribution in [3.63, 3.8) is 0 Å². The number of nitrogens with zero attached hydrogens (tertiary/aromatic N) is 7. The van der Waals surface area contributed by atoms with Gasteiger partial charge in [-0.15, -0.1) is 11.3 Å². The Morgan fingerprint density at radius 2 is 1.59 bits per heavy atom. The molecule has 24 heteroatoms. The van der Waals surface area contributed by atoms with E-state index >= 15 is 0 Å². The molecule has 428 valence electrons. The quantitative estimate of drug-likeness (QED) is 0.0418. The van der Waals surface area contributed by atoms with Crippen molar-refractivity contribution in [2.45, 2.75) is 73.5 Å². The zero-order valence-electron chi connectivity index (χ0n) is 46.2. The van der Waals surface area contributed by atoms with Crippen LogP contribution in [0.3, 0.4) is 0 Å². The molecule has 7 heterocycles. The Hall–Kier alpha value is -8.06. The van der Waals surface area contributed by atoms with Gasteiger partial charge in [-0.2, -0.15) is 14.9 Å². The Morgan fingerprint density at radius 3 is 2.22 bits per heavy atom. The van der Waals surface area contributed by atoms with Gasteiger partial charge in [0.1, 0.15) is 27.9 Å². The number of carbonyl (C=O) groups excluding carboxylic acids is 2. The van der Waals surface area contributed by atoms with E-state index in [9.17, 15) is 14.4 Å². The maximum atomic E-state index is 12.2. The van der Waals surface area contributed by atoms with Crippen LogP contribution < -0.4 is 27.8 Å². The second-order valence-corrected chi connectivity index (χ2v) is 22.4. The zero-order chi connectivity index (χ0) is 59.7. The summed E-state index contributed by atoms with van der Waals surface area (Å²) in [5.41, 5.74) is 22.9. The number of carbonyl (C=O) groups is 3. The van der Waals surface area contributed by atoms with E-state index in [4.69, 9.17) is 43.4 Å². The number of carboxylic acid groups (broad SMARTS) is 1. The van der Waals surface area contributed by atoms with Crippen molar-refractivity contribution in [2.75, 3.05) is 23.8 Å². The van der Waals surface area contributed by atoms with Gasteiger partial charge in [0.05, 0.1) is 35.7 Å². The van der Waals surface area contributed by atoms with Crippen molar-refractivity contribution in [1.82, 2.24) is 44.9 Å². The van der Waals surface area contributed by atoms with Gasteiger partial charge in [-0.1, -0.05) is 50.1 Å². The Kier molecular flexibility index (Phi) is 22.8. The second-order valence-electron chi connectivity index (χ2n) is 19.1. The molecule has 1 aliphatic heterocycles. The van der Waals surface area contributed by atoms with E-state index in [-0.39, 0.29) is 11.1 Å². The van der Waals surface area contributed by atoms with Crippen LogP contribution in [0, 0.1) is 20.8 Å². The topological polar surface area (TPSA) is 306 Å². The molecule has 11 rings (SSSR count). The van der Waals surface area contributed by atoms with Gasteiger partial charge in [0, 0.05) is 95.6 Å². The molecule has 0 bridgehead atoms. The third kappa shape index (κ3) is 19.0. The number of Topliss-reactive ketones (excluding diaryl/α,β-unsaturated/α-hetero) is 1. The number of aromatic amines is 2. The van der Waals surface area contributed by atoms with Crippen LogP contribution in [0.4, 0.5) is 27.8 Å². The minimum absolute atomic E-state index is 0.0623. The number of hydrogen-bond acceptors (Lipinski definition) is 17. The first-order valence-electron chi connectivity index (χ1n) is 25.3. The largest absolute Gasteiger partial charge is 0.477 e. The number of anilines is 4. The average Bonchev–Trinajstić information content (AvgIpc) is 4.32. The zero-order valence-corrected chi connectivity index (χ0v) is 51.0. The molecule has 6 aromatic heterocycles. The van der Waals surface area contributed by atoms with Crippen LogP contribution >= 0.6 is 54.8 Å². The summed E-state index contributed by atoms with van der Waals surface area (Å²) in [4.78, 5) is 54.0. The van der Waals surface area contributed by atoms with Gasteiger partial charge in [0.15, 0.2) is 5.78 Å². The van der Waals surface area contributed by atoms with Gasteiger partial charge < -0.3 is 47.4 Å². The van der Waals surface area contributed by atoms with Gasteiger partial charge in [-0.05, 0) is 157 Å². The minimum Gasteiger partial charge on any atom is -0.477 e. The molecule has 11 N–H and O–H groups in total. The van der Waals surface area contributed by atoms with Crippen molar-refractivity contribution in [1.29, 1.82) is 0 Å². The number of ketones is 1. The number of aromatic carboxylic acids is 1. The number of nitrogens with one attached hydrogen (secondary N) is 4. The monoisotopic (exact) mass is 1280 g/mol. The van der Waals surface area contributed by atoms with Gasteiger partial charge in [-0.3, -0.25) is 9.89 Å². The first-order chi connectivity index (χ1) is 39.0. The second kappa shape index (κ2) is 29.6. The average molecular weight is 1280 g/mol. The van der Waals surface area contributed by atoms with Crippen molar-refractivity contribution in [3.8, 4) is 0 Å². The van der Waals surface area contributed by atoms with E-state index in [0.29, 0.717) is 33.6 Å². The molecule has 20 nitrogen and oxygen atoms in total. The third-order valence-corrected chi connectivity index (χ3v) is 13.7. The predicted octanol–water partition coefficient (Wildman–Crippen LogP) is 13.6. The summed E-state index contributed by atoms with van der Waals surface area (Å²) in [6, 6.07) is 28.7. The maximum Gasteiger partial charge on any atom is 0.435 e. The van der Waals surface area contributed by atoms with E-state index in [1.165, 1.54) is 22.2 Å². The lowest BCUT2D eigenvalue weighted by Crippen LogP contribution is -2.27. The number of carboxylic acids is 1. The number of halogens is 3. The lowest BCUT2D eigenvalue weighted by Gasteiger charge is -2.19. The van der Waals surface area contributed by atoms with Crippen molar-refractivity contribution >= 4 is 138 Å². The van der Waals surface area contributed by atoms with Gasteiger partial charge in [-0.25, -0.2) is 29.5 Å². The highest BCUT2D eigenvalue weighted by molar-refractivity contribution is 9.10. The highest BCUT2D eigenvalue weighted by atomic mass is 79.9. The van der Waals surface area contributed by atoms with Crippen LogP contribution in [-0.2, 0) is 9.47 Å². The maximum absolute atomic E-state index is 12.2. The number of allylic oxidation sites excluding steroid dienone is 2. The Balaban J connectivity index is 0.000000167. The highest BCUT2D eigenvalue weighted by Crippen LogP contribution is 2.29. The van der Waals surface area contributed by atoms with E-state index in [1.807, 2.05) is 134 Å². The van der Waals surface area contributed by atoms with Gasteiger partial charge >= 0.3 is 12.1 Å². The molecular formula is C58H63Br2ClN14O6S. The summed E-state index contributed by atoms with van der Waals surface area (Å²) in [5.74, 6) is 1.40. The summed E-state index contributed by atoms with van der Waals surface area (Å²) < 4.78 is 14.5. The van der Waals surface area contributed by atoms with Gasteiger partial charge in [0.25, 0.3) is 0 Å². The number of hydrogen-bond donors (Lipinski definition) is 8. The normalized spacial score (nSPS) is 12.9. The molecule has 0 saturated carbocycles. The summed E-state index contributed by atoms with van der Waals surface area (Å²) in [6.45, 7) is 16.4. The molecule has 0 radical (unpaired) electrons. The number of thiophene rings is 1. The third-order valence-electron chi connectivity index (χ3n) is 11.4. The van der Waals surface area contributed by atoms with Crippen molar-refractivity contribution in [3.05, 3.63) is 176 Å². The Morgan fingerprint density at radius 1 is 0.878 bits per heavy atom. The van der Waals surface area contributed by atoms with Gasteiger partial charge in [0.2, 0.25) is 5.28 Å². The number of rotatable bonds is 7. The number of benzene rings is 4. The minimum atomic E-state index is -0.864. The first-order valence-corrected chi connectivity index (χ1v) is 28.1. The van der Waals surface area contributed by atoms with E-state index in [2.05, 4.69) is 82.7 Å². The van der Waals surface area contributed by atoms with Crippen LogP contribution in [0.15, 0.2) is 143 Å². The smallest absolute Gasteiger partial charge is 0.435 e. The Labute approximate surface area is 499 Å².